The van der Waals surface area contributed by atoms with Gasteiger partial charge in [-0.2, -0.15) is 0 Å². The van der Waals surface area contributed by atoms with Crippen LogP contribution in [0.5, 0.6) is 0 Å². The van der Waals surface area contributed by atoms with Gasteiger partial charge in [0.05, 0.1) is 6.10 Å². The average Bonchev–Trinajstić information content (AvgIpc) is 2.59. The maximum Gasteiger partial charge on any atom is 0.254 e. The first kappa shape index (κ1) is 17.5. The Hall–Kier alpha value is -1.87. The van der Waals surface area contributed by atoms with E-state index in [0.717, 1.165) is 35.6 Å². The number of aliphatic hydroxyl groups is 1. The summed E-state index contributed by atoms with van der Waals surface area (Å²) < 4.78 is 0. The number of fused-ring (bicyclic) bond motifs is 1. The molecule has 2 aromatic carbocycles. The Balaban J connectivity index is 2.55. The van der Waals surface area contributed by atoms with E-state index in [9.17, 15) is 9.90 Å². The van der Waals surface area contributed by atoms with Crippen molar-refractivity contribution < 1.29 is 9.90 Å². The van der Waals surface area contributed by atoms with Crippen molar-refractivity contribution in [2.75, 3.05) is 13.1 Å². The van der Waals surface area contributed by atoms with Gasteiger partial charge in [0, 0.05) is 24.0 Å². The lowest BCUT2D eigenvalue weighted by atomic mass is 9.93. The van der Waals surface area contributed by atoms with E-state index in [2.05, 4.69) is 6.92 Å². The van der Waals surface area contributed by atoms with Crippen molar-refractivity contribution in [3.8, 4) is 0 Å². The minimum absolute atomic E-state index is 0.0377. The van der Waals surface area contributed by atoms with Crippen LogP contribution in [0, 0.1) is 0 Å². The molecule has 3 nitrogen and oxygen atoms in total. The summed E-state index contributed by atoms with van der Waals surface area (Å²) in [6.45, 7) is 7.47. The van der Waals surface area contributed by atoms with Crippen LogP contribution in [0.4, 0.5) is 0 Å². The van der Waals surface area contributed by atoms with Gasteiger partial charge in [-0.3, -0.25) is 4.79 Å². The number of aliphatic hydroxyl groups excluding tert-OH is 1. The van der Waals surface area contributed by atoms with E-state index in [0.29, 0.717) is 18.7 Å². The molecule has 0 fully saturated rings. The highest BCUT2D eigenvalue weighted by atomic mass is 16.3. The SMILES string of the molecule is CCCC[C@@H](O)c1cccc2cccc(C(=O)N(CC)CC)c12. The molecule has 23 heavy (non-hydrogen) atoms. The molecule has 1 N–H and O–H groups in total. The summed E-state index contributed by atoms with van der Waals surface area (Å²) in [5, 5.41) is 12.5. The van der Waals surface area contributed by atoms with Crippen molar-refractivity contribution in [1.29, 1.82) is 0 Å². The quantitative estimate of drug-likeness (QED) is 0.815. The van der Waals surface area contributed by atoms with E-state index < -0.39 is 6.10 Å². The molecule has 0 bridgehead atoms. The third kappa shape index (κ3) is 3.73. The smallest absolute Gasteiger partial charge is 0.254 e. The molecule has 0 spiro atoms. The number of carbonyl (C=O) groups is 1. The van der Waals surface area contributed by atoms with Gasteiger partial charge in [0.25, 0.3) is 5.91 Å². The first-order valence-electron chi connectivity index (χ1n) is 8.62. The second kappa shape index (κ2) is 8.11. The van der Waals surface area contributed by atoms with Crippen LogP contribution in [0.25, 0.3) is 10.8 Å². The number of carbonyl (C=O) groups excluding carboxylic acids is 1. The highest BCUT2D eigenvalue weighted by molar-refractivity contribution is 6.08. The molecule has 124 valence electrons. The fourth-order valence-corrected chi connectivity index (χ4v) is 3.06. The van der Waals surface area contributed by atoms with Gasteiger partial charge in [-0.05, 0) is 37.3 Å². The van der Waals surface area contributed by atoms with Gasteiger partial charge in [-0.1, -0.05) is 50.1 Å². The summed E-state index contributed by atoms with van der Waals surface area (Å²) in [4.78, 5) is 14.7. The van der Waals surface area contributed by atoms with Gasteiger partial charge >= 0.3 is 0 Å². The molecular weight excluding hydrogens is 286 g/mol. The normalized spacial score (nSPS) is 12.3. The van der Waals surface area contributed by atoms with Crippen molar-refractivity contribution in [3.63, 3.8) is 0 Å². The average molecular weight is 313 g/mol. The van der Waals surface area contributed by atoms with Crippen molar-refractivity contribution in [1.82, 2.24) is 4.90 Å². The molecule has 3 heteroatoms. The van der Waals surface area contributed by atoms with Crippen molar-refractivity contribution >= 4 is 16.7 Å². The number of unbranched alkanes of at least 4 members (excludes halogenated alkanes) is 1. The standard InChI is InChI=1S/C20H27NO2/c1-4-7-14-18(22)16-12-8-10-15-11-9-13-17(19(15)16)20(23)21(5-2)6-3/h8-13,18,22H,4-7,14H2,1-3H3/t18-/m1/s1. The van der Waals surface area contributed by atoms with Crippen LogP contribution in [0.3, 0.4) is 0 Å². The van der Waals surface area contributed by atoms with E-state index in [4.69, 9.17) is 0 Å². The molecule has 2 aromatic rings. The molecule has 0 saturated carbocycles. The van der Waals surface area contributed by atoms with Crippen LogP contribution in [-0.4, -0.2) is 29.0 Å². The van der Waals surface area contributed by atoms with Crippen molar-refractivity contribution in [2.24, 2.45) is 0 Å². The Bertz CT molecular complexity index is 656. The van der Waals surface area contributed by atoms with E-state index in [1.807, 2.05) is 55.1 Å². The van der Waals surface area contributed by atoms with Crippen molar-refractivity contribution in [2.45, 2.75) is 46.1 Å². The lowest BCUT2D eigenvalue weighted by molar-refractivity contribution is 0.0775. The minimum Gasteiger partial charge on any atom is -0.388 e. The van der Waals surface area contributed by atoms with E-state index in [1.165, 1.54) is 0 Å². The van der Waals surface area contributed by atoms with Crippen LogP contribution in [0.1, 0.15) is 62.1 Å². The fraction of sp³-hybridized carbons (Fsp3) is 0.450. The Kier molecular flexibility index (Phi) is 6.17. The highest BCUT2D eigenvalue weighted by Crippen LogP contribution is 2.30. The maximum atomic E-state index is 12.9. The first-order chi connectivity index (χ1) is 11.1. The summed E-state index contributed by atoms with van der Waals surface area (Å²) in [5.74, 6) is 0.0377. The van der Waals surface area contributed by atoms with E-state index in [1.54, 1.807) is 0 Å². The zero-order chi connectivity index (χ0) is 16.8. The second-order valence-corrected chi connectivity index (χ2v) is 5.89. The van der Waals surface area contributed by atoms with Gasteiger partial charge < -0.3 is 10.0 Å². The Morgan fingerprint density at radius 1 is 1.09 bits per heavy atom. The summed E-state index contributed by atoms with van der Waals surface area (Å²) in [6.07, 6.45) is 2.23. The van der Waals surface area contributed by atoms with Crippen molar-refractivity contribution in [3.05, 3.63) is 47.5 Å². The van der Waals surface area contributed by atoms with Gasteiger partial charge in [0.15, 0.2) is 0 Å². The minimum atomic E-state index is -0.524. The van der Waals surface area contributed by atoms with Gasteiger partial charge in [-0.25, -0.2) is 0 Å². The molecule has 0 unspecified atom stereocenters. The fourth-order valence-electron chi connectivity index (χ4n) is 3.06. The summed E-state index contributed by atoms with van der Waals surface area (Å²) in [6, 6.07) is 11.7. The number of benzene rings is 2. The number of nitrogens with zero attached hydrogens (tertiary/aromatic N) is 1. The monoisotopic (exact) mass is 313 g/mol. The molecule has 2 rings (SSSR count). The van der Waals surface area contributed by atoms with Crippen LogP contribution in [0.2, 0.25) is 0 Å². The third-order valence-electron chi connectivity index (χ3n) is 4.41. The second-order valence-electron chi connectivity index (χ2n) is 5.89. The molecule has 1 atom stereocenters. The first-order valence-corrected chi connectivity index (χ1v) is 8.62. The van der Waals surface area contributed by atoms with Crippen LogP contribution in [-0.2, 0) is 0 Å². The Morgan fingerprint density at radius 3 is 2.35 bits per heavy atom. The topological polar surface area (TPSA) is 40.5 Å². The maximum absolute atomic E-state index is 12.9. The molecule has 0 radical (unpaired) electrons. The molecule has 0 aliphatic rings. The summed E-state index contributed by atoms with van der Waals surface area (Å²) in [7, 11) is 0. The molecule has 0 aliphatic heterocycles. The largest absolute Gasteiger partial charge is 0.388 e. The zero-order valence-corrected chi connectivity index (χ0v) is 14.4. The number of rotatable bonds is 7. The predicted octanol–water partition coefficient (Wildman–Crippen LogP) is 4.55. The molecule has 0 aromatic heterocycles. The third-order valence-corrected chi connectivity index (χ3v) is 4.41. The summed E-state index contributed by atoms with van der Waals surface area (Å²) >= 11 is 0. The van der Waals surface area contributed by atoms with E-state index >= 15 is 0 Å². The van der Waals surface area contributed by atoms with Crippen LogP contribution >= 0.6 is 0 Å². The highest BCUT2D eigenvalue weighted by Gasteiger charge is 2.19. The lowest BCUT2D eigenvalue weighted by Gasteiger charge is -2.21. The van der Waals surface area contributed by atoms with E-state index in [-0.39, 0.29) is 5.91 Å². The van der Waals surface area contributed by atoms with Gasteiger partial charge in [0.1, 0.15) is 0 Å². The molecule has 1 amide bonds. The van der Waals surface area contributed by atoms with Crippen LogP contribution < -0.4 is 0 Å². The molecular formula is C20H27NO2. The van der Waals surface area contributed by atoms with Crippen LogP contribution in [0.15, 0.2) is 36.4 Å². The number of hydrogen-bond donors (Lipinski definition) is 1. The molecule has 0 heterocycles. The zero-order valence-electron chi connectivity index (χ0n) is 14.4. The summed E-state index contributed by atoms with van der Waals surface area (Å²) in [5.41, 5.74) is 1.56. The predicted molar refractivity (Wildman–Crippen MR) is 95.7 cm³/mol. The molecule has 0 aliphatic carbocycles. The van der Waals surface area contributed by atoms with Gasteiger partial charge in [0.2, 0.25) is 0 Å². The molecule has 0 saturated heterocycles. The Morgan fingerprint density at radius 2 is 1.74 bits per heavy atom. The number of amides is 1. The number of hydrogen-bond acceptors (Lipinski definition) is 2. The lowest BCUT2D eigenvalue weighted by Crippen LogP contribution is -2.30. The van der Waals surface area contributed by atoms with Gasteiger partial charge in [-0.15, -0.1) is 0 Å². The Labute approximate surface area is 138 Å².